The molecule has 3 heterocycles. The maximum absolute atomic E-state index is 15.6. The summed E-state index contributed by atoms with van der Waals surface area (Å²) in [4.78, 5) is 20.4. The van der Waals surface area contributed by atoms with Gasteiger partial charge < -0.3 is 20.5 Å². The van der Waals surface area contributed by atoms with Crippen LogP contribution in [0.15, 0.2) is 35.5 Å². The van der Waals surface area contributed by atoms with Gasteiger partial charge in [0.25, 0.3) is 5.91 Å². The lowest BCUT2D eigenvalue weighted by Crippen LogP contribution is -2.52. The number of thioether (sulfide) groups is 1. The molecule has 2 aromatic rings. The van der Waals surface area contributed by atoms with Crippen molar-refractivity contribution in [3.63, 3.8) is 0 Å². The fraction of sp³-hybridized carbons (Fsp3) is 0.316. The standard InChI is InChI=1S/C19H17F3N4O3S/c1-28-11-5-14(21)15(24-6-11)16(27)25-10-2-3-13(20)12(4-10)19-8-29-7-18(19,22)9-30-17(23)26-19/h2-6H,7-9H2,1H3,(H2,23,26)(H,25,27). The van der Waals surface area contributed by atoms with Crippen LogP contribution in [0.2, 0.25) is 0 Å². The molecule has 2 unspecified atom stereocenters. The minimum absolute atomic E-state index is 0.0423. The van der Waals surface area contributed by atoms with Crippen LogP contribution in [0.4, 0.5) is 18.9 Å². The molecule has 1 amide bonds. The molecule has 3 N–H and O–H groups in total. The second kappa shape index (κ2) is 7.47. The fourth-order valence-electron chi connectivity index (χ4n) is 3.50. The SMILES string of the molecule is COc1cnc(C(=O)Nc2ccc(F)c(C34COCC3(F)CSC(N)=N4)c2)c(F)c1. The molecule has 1 saturated heterocycles. The van der Waals surface area contributed by atoms with Crippen molar-refractivity contribution in [2.24, 2.45) is 10.7 Å². The number of ether oxygens (including phenoxy) is 2. The number of benzene rings is 1. The molecule has 7 nitrogen and oxygen atoms in total. The van der Waals surface area contributed by atoms with Gasteiger partial charge in [0, 0.05) is 23.1 Å². The number of nitrogens with zero attached hydrogens (tertiary/aromatic N) is 2. The topological polar surface area (TPSA) is 98.8 Å². The number of alkyl halides is 1. The van der Waals surface area contributed by atoms with E-state index in [2.05, 4.69) is 15.3 Å². The fourth-order valence-corrected chi connectivity index (χ4v) is 4.42. The van der Waals surface area contributed by atoms with Crippen LogP contribution in [-0.2, 0) is 10.3 Å². The molecule has 1 aromatic heterocycles. The highest BCUT2D eigenvalue weighted by Crippen LogP contribution is 2.50. The minimum atomic E-state index is -1.96. The number of amides is 1. The number of anilines is 1. The van der Waals surface area contributed by atoms with E-state index in [1.165, 1.54) is 25.4 Å². The van der Waals surface area contributed by atoms with E-state index in [0.29, 0.717) is 0 Å². The van der Waals surface area contributed by atoms with Crippen LogP contribution in [0.5, 0.6) is 5.75 Å². The number of pyridine rings is 1. The summed E-state index contributed by atoms with van der Waals surface area (Å²) in [7, 11) is 1.34. The number of fused-ring (bicyclic) bond motifs is 1. The van der Waals surface area contributed by atoms with E-state index in [1.807, 2.05) is 0 Å². The molecule has 1 fully saturated rings. The van der Waals surface area contributed by atoms with E-state index in [9.17, 15) is 13.6 Å². The van der Waals surface area contributed by atoms with Crippen LogP contribution in [0.1, 0.15) is 16.1 Å². The van der Waals surface area contributed by atoms with E-state index >= 15 is 4.39 Å². The van der Waals surface area contributed by atoms with Crippen LogP contribution >= 0.6 is 11.8 Å². The molecule has 30 heavy (non-hydrogen) atoms. The zero-order valence-corrected chi connectivity index (χ0v) is 16.6. The molecular weight excluding hydrogens is 421 g/mol. The molecule has 11 heteroatoms. The molecular formula is C19H17F3N4O3S. The van der Waals surface area contributed by atoms with Crippen molar-refractivity contribution >= 4 is 28.5 Å². The average molecular weight is 438 g/mol. The summed E-state index contributed by atoms with van der Waals surface area (Å²) in [6, 6.07) is 4.62. The highest BCUT2D eigenvalue weighted by Gasteiger charge is 2.61. The van der Waals surface area contributed by atoms with Gasteiger partial charge in [-0.15, -0.1) is 0 Å². The van der Waals surface area contributed by atoms with Gasteiger partial charge in [0.05, 0.1) is 26.5 Å². The number of hydrogen-bond donors (Lipinski definition) is 2. The minimum Gasteiger partial charge on any atom is -0.495 e. The van der Waals surface area contributed by atoms with Crippen LogP contribution in [0.3, 0.4) is 0 Å². The van der Waals surface area contributed by atoms with Crippen LogP contribution < -0.4 is 15.8 Å². The van der Waals surface area contributed by atoms with E-state index < -0.39 is 34.4 Å². The first-order valence-electron chi connectivity index (χ1n) is 8.84. The largest absolute Gasteiger partial charge is 0.495 e. The van der Waals surface area contributed by atoms with Gasteiger partial charge in [-0.3, -0.25) is 4.79 Å². The van der Waals surface area contributed by atoms with Gasteiger partial charge in [-0.25, -0.2) is 23.1 Å². The second-order valence-corrected chi connectivity index (χ2v) is 7.91. The van der Waals surface area contributed by atoms with Gasteiger partial charge in [0.15, 0.2) is 27.9 Å². The van der Waals surface area contributed by atoms with Crippen molar-refractivity contribution in [2.45, 2.75) is 11.2 Å². The number of rotatable bonds is 4. The number of carbonyl (C=O) groups excluding carboxylic acids is 1. The number of carbonyl (C=O) groups is 1. The number of nitrogens with two attached hydrogens (primary N) is 1. The van der Waals surface area contributed by atoms with Gasteiger partial charge in [0.2, 0.25) is 0 Å². The zero-order valence-electron chi connectivity index (χ0n) is 15.7. The maximum atomic E-state index is 15.6. The molecule has 2 aliphatic rings. The Bertz CT molecular complexity index is 1050. The Hall–Kier alpha value is -2.79. The van der Waals surface area contributed by atoms with Crippen molar-refractivity contribution in [2.75, 3.05) is 31.4 Å². The smallest absolute Gasteiger partial charge is 0.277 e. The first-order chi connectivity index (χ1) is 14.3. The van der Waals surface area contributed by atoms with Crippen LogP contribution in [0, 0.1) is 11.6 Å². The molecule has 1 aromatic carbocycles. The summed E-state index contributed by atoms with van der Waals surface area (Å²) in [5, 5.41) is 2.56. The van der Waals surface area contributed by atoms with Gasteiger partial charge in [0.1, 0.15) is 11.6 Å². The van der Waals surface area contributed by atoms with Crippen molar-refractivity contribution in [1.82, 2.24) is 4.98 Å². The Kier molecular flexibility index (Phi) is 5.10. The average Bonchev–Trinajstić information content (AvgIpc) is 3.06. The lowest BCUT2D eigenvalue weighted by atomic mass is 9.79. The van der Waals surface area contributed by atoms with E-state index in [1.54, 1.807) is 0 Å². The molecule has 0 saturated carbocycles. The van der Waals surface area contributed by atoms with Gasteiger partial charge >= 0.3 is 0 Å². The third kappa shape index (κ3) is 3.27. The van der Waals surface area contributed by atoms with Gasteiger partial charge in [-0.2, -0.15) is 0 Å². The number of methoxy groups -OCH3 is 1. The zero-order chi connectivity index (χ0) is 21.5. The number of aromatic nitrogens is 1. The normalized spacial score (nSPS) is 25.4. The van der Waals surface area contributed by atoms with Crippen molar-refractivity contribution in [3.05, 3.63) is 53.4 Å². The van der Waals surface area contributed by atoms with Crippen LogP contribution in [-0.4, -0.2) is 47.8 Å². The first kappa shape index (κ1) is 20.5. The second-order valence-electron chi connectivity index (χ2n) is 6.91. The summed E-state index contributed by atoms with van der Waals surface area (Å²) in [6.07, 6.45) is 1.19. The molecule has 0 bridgehead atoms. The Morgan fingerprint density at radius 3 is 2.83 bits per heavy atom. The molecule has 0 spiro atoms. The van der Waals surface area contributed by atoms with Crippen molar-refractivity contribution in [3.8, 4) is 5.75 Å². The predicted molar refractivity (Wildman–Crippen MR) is 106 cm³/mol. The van der Waals surface area contributed by atoms with Crippen LogP contribution in [0.25, 0.3) is 0 Å². The summed E-state index contributed by atoms with van der Waals surface area (Å²) in [5.41, 5.74) is 1.70. The quantitative estimate of drug-likeness (QED) is 0.762. The lowest BCUT2D eigenvalue weighted by Gasteiger charge is -2.38. The number of nitrogens with one attached hydrogen (secondary N) is 1. The Morgan fingerprint density at radius 1 is 1.30 bits per heavy atom. The third-order valence-electron chi connectivity index (χ3n) is 5.07. The summed E-state index contributed by atoms with van der Waals surface area (Å²) in [5.74, 6) is -2.36. The summed E-state index contributed by atoms with van der Waals surface area (Å²) < 4.78 is 54.6. The number of aliphatic imine (C=N–C) groups is 1. The monoisotopic (exact) mass is 438 g/mol. The van der Waals surface area contributed by atoms with E-state index in [4.69, 9.17) is 15.2 Å². The number of halogens is 3. The number of amidine groups is 1. The van der Waals surface area contributed by atoms with Crippen molar-refractivity contribution < 1.29 is 27.4 Å². The molecule has 158 valence electrons. The third-order valence-corrected chi connectivity index (χ3v) is 6.06. The van der Waals surface area contributed by atoms with Gasteiger partial charge in [-0.05, 0) is 18.2 Å². The molecule has 2 aliphatic heterocycles. The van der Waals surface area contributed by atoms with Crippen molar-refractivity contribution in [1.29, 1.82) is 0 Å². The van der Waals surface area contributed by atoms with E-state index in [-0.39, 0.29) is 41.1 Å². The molecule has 0 radical (unpaired) electrons. The first-order valence-corrected chi connectivity index (χ1v) is 9.82. The molecule has 4 rings (SSSR count). The predicted octanol–water partition coefficient (Wildman–Crippen LogP) is 2.62. The highest BCUT2D eigenvalue weighted by atomic mass is 32.2. The highest BCUT2D eigenvalue weighted by molar-refractivity contribution is 8.13. The molecule has 0 aliphatic carbocycles. The Balaban J connectivity index is 1.69. The van der Waals surface area contributed by atoms with E-state index in [0.717, 1.165) is 23.9 Å². The molecule has 2 atom stereocenters. The maximum Gasteiger partial charge on any atom is 0.277 e. The Labute approximate surface area is 173 Å². The Morgan fingerprint density at radius 2 is 2.10 bits per heavy atom. The summed E-state index contributed by atoms with van der Waals surface area (Å²) in [6.45, 7) is -0.457. The van der Waals surface area contributed by atoms with Gasteiger partial charge in [-0.1, -0.05) is 11.8 Å². The lowest BCUT2D eigenvalue weighted by molar-refractivity contribution is 0.101. The summed E-state index contributed by atoms with van der Waals surface area (Å²) >= 11 is 1.03. The number of hydrogen-bond acceptors (Lipinski definition) is 7.